The molecule has 2 heterocycles. The molecule has 4 rings (SSSR count). The minimum absolute atomic E-state index is 0.215. The largest absolute Gasteiger partial charge is 0.494 e. The highest BCUT2D eigenvalue weighted by molar-refractivity contribution is 5.96. The molecule has 0 unspecified atom stereocenters. The first-order chi connectivity index (χ1) is 14.0. The number of hydrogen-bond acceptors (Lipinski definition) is 5. The van der Waals surface area contributed by atoms with E-state index in [0.717, 1.165) is 11.3 Å². The molecule has 1 aliphatic rings. The topological polar surface area (TPSA) is 52.4 Å². The van der Waals surface area contributed by atoms with Gasteiger partial charge in [0.15, 0.2) is 11.6 Å². The van der Waals surface area contributed by atoms with Gasteiger partial charge in [-0.3, -0.25) is 4.98 Å². The van der Waals surface area contributed by atoms with Crippen LogP contribution < -0.4 is 14.5 Å². The van der Waals surface area contributed by atoms with Gasteiger partial charge in [-0.15, -0.1) is 0 Å². The molecule has 0 amide bonds. The summed E-state index contributed by atoms with van der Waals surface area (Å²) < 4.78 is 33.1. The summed E-state index contributed by atoms with van der Waals surface area (Å²) in [5.74, 6) is -0.530. The quantitative estimate of drug-likeness (QED) is 0.671. The maximum Gasteiger partial charge on any atom is 0.167 e. The normalized spacial score (nSPS) is 14.2. The lowest BCUT2D eigenvalue weighted by atomic mass is 10.0. The zero-order chi connectivity index (χ0) is 20.5. The first-order valence-electron chi connectivity index (χ1n) is 9.34. The summed E-state index contributed by atoms with van der Waals surface area (Å²) in [5.41, 5.74) is 3.34. The van der Waals surface area contributed by atoms with Gasteiger partial charge in [-0.05, 0) is 36.8 Å². The minimum Gasteiger partial charge on any atom is -0.494 e. The monoisotopic (exact) mass is 394 g/mol. The molecule has 0 N–H and O–H groups in total. The predicted molar refractivity (Wildman–Crippen MR) is 109 cm³/mol. The van der Waals surface area contributed by atoms with E-state index in [1.54, 1.807) is 12.3 Å². The number of rotatable bonds is 3. The second-order valence-electron chi connectivity index (χ2n) is 7.04. The van der Waals surface area contributed by atoms with Crippen LogP contribution in [0.2, 0.25) is 0 Å². The third-order valence-electron chi connectivity index (χ3n) is 5.32. The molecular formula is C22H20F2N4O. The maximum absolute atomic E-state index is 14.1. The van der Waals surface area contributed by atoms with Gasteiger partial charge in [0.1, 0.15) is 11.9 Å². The number of aryl methyl sites for hydroxylation is 1. The van der Waals surface area contributed by atoms with Crippen molar-refractivity contribution in [2.45, 2.75) is 6.92 Å². The molecule has 5 nitrogen and oxygen atoms in total. The van der Waals surface area contributed by atoms with Crippen LogP contribution in [0.15, 0.2) is 36.5 Å². The van der Waals surface area contributed by atoms with E-state index in [2.05, 4.69) is 20.9 Å². The predicted octanol–water partition coefficient (Wildman–Crippen LogP) is 4.03. The van der Waals surface area contributed by atoms with Crippen LogP contribution in [0.5, 0.6) is 5.75 Å². The maximum atomic E-state index is 14.1. The molecule has 0 spiro atoms. The van der Waals surface area contributed by atoms with Crippen molar-refractivity contribution in [3.05, 3.63) is 59.3 Å². The Kier molecular flexibility index (Phi) is 4.93. The lowest BCUT2D eigenvalue weighted by Crippen LogP contribution is -2.47. The zero-order valence-electron chi connectivity index (χ0n) is 16.2. The van der Waals surface area contributed by atoms with Gasteiger partial charge < -0.3 is 14.5 Å². The van der Waals surface area contributed by atoms with E-state index in [1.807, 2.05) is 13.0 Å². The summed E-state index contributed by atoms with van der Waals surface area (Å²) in [6.45, 7) is 4.35. The van der Waals surface area contributed by atoms with Crippen molar-refractivity contribution >= 4 is 22.3 Å². The zero-order valence-corrected chi connectivity index (χ0v) is 16.2. The van der Waals surface area contributed by atoms with Gasteiger partial charge in [-0.2, -0.15) is 5.26 Å². The van der Waals surface area contributed by atoms with Gasteiger partial charge in [-0.25, -0.2) is 8.78 Å². The molecule has 29 heavy (non-hydrogen) atoms. The Bertz CT molecular complexity index is 1120. The first kappa shape index (κ1) is 18.9. The number of piperazine rings is 1. The summed E-state index contributed by atoms with van der Waals surface area (Å²) in [6, 6.07) is 9.99. The van der Waals surface area contributed by atoms with Crippen LogP contribution in [0, 0.1) is 29.9 Å². The second kappa shape index (κ2) is 7.55. The van der Waals surface area contributed by atoms with E-state index < -0.39 is 5.82 Å². The van der Waals surface area contributed by atoms with E-state index in [4.69, 9.17) is 4.74 Å². The Morgan fingerprint density at radius 2 is 1.79 bits per heavy atom. The number of hydrogen-bond donors (Lipinski definition) is 0. The van der Waals surface area contributed by atoms with E-state index in [1.165, 1.54) is 25.3 Å². The van der Waals surface area contributed by atoms with E-state index in [-0.39, 0.29) is 11.6 Å². The standard InChI is InChI=1S/C22H20F2N4O/c1-14-9-16(23)10-18-21(14)26-13-15(12-25)22(18)28-7-5-27(6-8-28)17-3-4-20(29-2)19(24)11-17/h3-4,9-11,13H,5-8H2,1-2H3. The molecule has 0 atom stereocenters. The van der Waals surface area contributed by atoms with Crippen molar-refractivity contribution in [1.29, 1.82) is 5.26 Å². The molecule has 0 aliphatic carbocycles. The molecule has 2 aromatic carbocycles. The Labute approximate surface area is 167 Å². The van der Waals surface area contributed by atoms with E-state index in [9.17, 15) is 14.0 Å². The fourth-order valence-electron chi connectivity index (χ4n) is 3.89. The number of halogens is 2. The molecule has 148 valence electrons. The van der Waals surface area contributed by atoms with Gasteiger partial charge in [0.2, 0.25) is 0 Å². The second-order valence-corrected chi connectivity index (χ2v) is 7.04. The van der Waals surface area contributed by atoms with E-state index >= 15 is 0 Å². The Hall–Kier alpha value is -3.40. The molecule has 0 bridgehead atoms. The van der Waals surface area contributed by atoms with E-state index in [0.29, 0.717) is 48.3 Å². The summed E-state index contributed by atoms with van der Waals surface area (Å²) in [7, 11) is 1.44. The number of ether oxygens (including phenoxy) is 1. The van der Waals surface area contributed by atoms with Crippen LogP contribution in [0.4, 0.5) is 20.2 Å². The molecule has 1 aliphatic heterocycles. The minimum atomic E-state index is -0.398. The smallest absolute Gasteiger partial charge is 0.167 e. The third-order valence-corrected chi connectivity index (χ3v) is 5.32. The SMILES string of the molecule is COc1ccc(N2CCN(c3c(C#N)cnc4c(C)cc(F)cc34)CC2)cc1F. The van der Waals surface area contributed by atoms with Crippen molar-refractivity contribution < 1.29 is 13.5 Å². The molecule has 1 saturated heterocycles. The number of nitrogens with zero attached hydrogens (tertiary/aromatic N) is 4. The molecule has 0 saturated carbocycles. The van der Waals surface area contributed by atoms with Crippen LogP contribution >= 0.6 is 0 Å². The molecule has 7 heteroatoms. The van der Waals surface area contributed by atoms with Crippen LogP contribution in [-0.4, -0.2) is 38.3 Å². The number of anilines is 2. The highest BCUT2D eigenvalue weighted by atomic mass is 19.1. The van der Waals surface area contributed by atoms with Crippen LogP contribution in [0.25, 0.3) is 10.9 Å². The molecular weight excluding hydrogens is 374 g/mol. The summed E-state index contributed by atoms with van der Waals surface area (Å²) in [5, 5.41) is 10.2. The molecule has 1 aromatic heterocycles. The fourth-order valence-corrected chi connectivity index (χ4v) is 3.89. The number of methoxy groups -OCH3 is 1. The van der Waals surface area contributed by atoms with Crippen LogP contribution in [0.3, 0.4) is 0 Å². The average Bonchev–Trinajstić information content (AvgIpc) is 2.73. The lowest BCUT2D eigenvalue weighted by molar-refractivity contribution is 0.386. The highest BCUT2D eigenvalue weighted by Gasteiger charge is 2.23. The number of fused-ring (bicyclic) bond motifs is 1. The Balaban J connectivity index is 1.64. The number of aromatic nitrogens is 1. The highest BCUT2D eigenvalue weighted by Crippen LogP contribution is 2.33. The average molecular weight is 394 g/mol. The first-order valence-corrected chi connectivity index (χ1v) is 9.34. The van der Waals surface area contributed by atoms with Crippen LogP contribution in [-0.2, 0) is 0 Å². The van der Waals surface area contributed by atoms with Crippen molar-refractivity contribution in [2.75, 3.05) is 43.1 Å². The summed E-state index contributed by atoms with van der Waals surface area (Å²) >= 11 is 0. The molecule has 1 fully saturated rings. The van der Waals surface area contributed by atoms with Crippen LogP contribution in [0.1, 0.15) is 11.1 Å². The van der Waals surface area contributed by atoms with Gasteiger partial charge in [0.25, 0.3) is 0 Å². The molecule has 0 radical (unpaired) electrons. The van der Waals surface area contributed by atoms with Crippen molar-refractivity contribution in [1.82, 2.24) is 4.98 Å². The van der Waals surface area contributed by atoms with Crippen molar-refractivity contribution in [2.24, 2.45) is 0 Å². The Morgan fingerprint density at radius 1 is 1.07 bits per heavy atom. The van der Waals surface area contributed by atoms with Gasteiger partial charge >= 0.3 is 0 Å². The summed E-state index contributed by atoms with van der Waals surface area (Å²) in [6.07, 6.45) is 1.55. The third kappa shape index (κ3) is 3.42. The summed E-state index contributed by atoms with van der Waals surface area (Å²) in [4.78, 5) is 8.52. The number of nitriles is 1. The van der Waals surface area contributed by atoms with Crippen molar-refractivity contribution in [3.8, 4) is 11.8 Å². The number of pyridine rings is 1. The number of benzene rings is 2. The molecule has 3 aromatic rings. The van der Waals surface area contributed by atoms with Gasteiger partial charge in [0.05, 0.1) is 23.9 Å². The fraction of sp³-hybridized carbons (Fsp3) is 0.273. The van der Waals surface area contributed by atoms with Gasteiger partial charge in [-0.1, -0.05) is 0 Å². The van der Waals surface area contributed by atoms with Gasteiger partial charge in [0, 0.05) is 49.5 Å². The Morgan fingerprint density at radius 3 is 2.45 bits per heavy atom. The lowest BCUT2D eigenvalue weighted by Gasteiger charge is -2.38. The van der Waals surface area contributed by atoms with Crippen molar-refractivity contribution in [3.63, 3.8) is 0 Å².